The molecule has 15 heavy (non-hydrogen) atoms. The highest BCUT2D eigenvalue weighted by molar-refractivity contribution is 5.54. The molecule has 0 aromatic rings. The van der Waals surface area contributed by atoms with Gasteiger partial charge >= 0.3 is 0 Å². The van der Waals surface area contributed by atoms with Crippen LogP contribution < -0.4 is 0 Å². The van der Waals surface area contributed by atoms with E-state index in [-0.39, 0.29) is 36.9 Å². The van der Waals surface area contributed by atoms with Gasteiger partial charge in [-0.1, -0.05) is 0 Å². The highest BCUT2D eigenvalue weighted by Crippen LogP contribution is 2.45. The minimum absolute atomic E-state index is 0.177. The van der Waals surface area contributed by atoms with Crippen LogP contribution in [0.15, 0.2) is 0 Å². The van der Waals surface area contributed by atoms with Gasteiger partial charge in [-0.05, 0) is 26.7 Å². The minimum Gasteiger partial charge on any atom is -0.375 e. The van der Waals surface area contributed by atoms with Crippen LogP contribution in [0.2, 0.25) is 0 Å². The number of hydrogen-bond acceptors (Lipinski definition) is 2. The predicted octanol–water partition coefficient (Wildman–Crippen LogP) is 2.66. The molecule has 1 aliphatic rings. The van der Waals surface area contributed by atoms with Crippen LogP contribution in [0, 0.1) is 11.8 Å². The van der Waals surface area contributed by atoms with Crippen molar-refractivity contribution in [2.24, 2.45) is 11.8 Å². The number of carbonyl (C=O) groups is 1. The molecule has 1 saturated carbocycles. The monoisotopic (exact) mass is 220 g/mol. The summed E-state index contributed by atoms with van der Waals surface area (Å²) < 4.78 is 30.6. The number of alkyl halides is 2. The zero-order valence-electron chi connectivity index (χ0n) is 9.43. The summed E-state index contributed by atoms with van der Waals surface area (Å²) in [6.07, 6.45) is 0.388. The summed E-state index contributed by atoms with van der Waals surface area (Å²) in [6, 6.07) is 0. The third kappa shape index (κ3) is 3.86. The van der Waals surface area contributed by atoms with Gasteiger partial charge in [-0.3, -0.25) is 0 Å². The molecule has 2 nitrogen and oxygen atoms in total. The lowest BCUT2D eigenvalue weighted by atomic mass is 9.74. The van der Waals surface area contributed by atoms with Crippen molar-refractivity contribution in [3.05, 3.63) is 0 Å². The largest absolute Gasteiger partial charge is 0.375 e. The molecule has 1 rings (SSSR count). The van der Waals surface area contributed by atoms with E-state index in [2.05, 4.69) is 0 Å². The molecule has 0 spiro atoms. The van der Waals surface area contributed by atoms with Gasteiger partial charge in [0, 0.05) is 18.8 Å². The standard InChI is InChI=1S/C11H18F2O2/c1-10(2,3)15-7-9(6-14)8-4-11(12,13)5-8/h6,8-9H,4-5,7H2,1-3H3. The van der Waals surface area contributed by atoms with E-state index < -0.39 is 5.92 Å². The molecule has 1 unspecified atom stereocenters. The molecule has 1 aliphatic carbocycles. The maximum atomic E-state index is 12.6. The van der Waals surface area contributed by atoms with Crippen molar-refractivity contribution in [3.8, 4) is 0 Å². The molecule has 0 N–H and O–H groups in total. The Kier molecular flexibility index (Phi) is 3.48. The van der Waals surface area contributed by atoms with Crippen LogP contribution in [-0.4, -0.2) is 24.4 Å². The Balaban J connectivity index is 2.35. The number of carbonyl (C=O) groups excluding carboxylic acids is 1. The molecule has 1 atom stereocenters. The smallest absolute Gasteiger partial charge is 0.248 e. The van der Waals surface area contributed by atoms with Crippen LogP contribution in [0.25, 0.3) is 0 Å². The lowest BCUT2D eigenvalue weighted by Gasteiger charge is -2.38. The lowest BCUT2D eigenvalue weighted by molar-refractivity contribution is -0.147. The number of hydrogen-bond donors (Lipinski definition) is 0. The van der Waals surface area contributed by atoms with Gasteiger partial charge < -0.3 is 9.53 Å². The second kappa shape index (κ2) is 4.16. The van der Waals surface area contributed by atoms with E-state index in [9.17, 15) is 13.6 Å². The second-order valence-corrected chi connectivity index (χ2v) is 5.25. The highest BCUT2D eigenvalue weighted by atomic mass is 19.3. The highest BCUT2D eigenvalue weighted by Gasteiger charge is 2.48. The fourth-order valence-electron chi connectivity index (χ4n) is 1.64. The zero-order valence-corrected chi connectivity index (χ0v) is 9.43. The van der Waals surface area contributed by atoms with Crippen LogP contribution >= 0.6 is 0 Å². The second-order valence-electron chi connectivity index (χ2n) is 5.25. The average Bonchev–Trinajstić information content (AvgIpc) is 1.99. The molecule has 0 saturated heterocycles. The van der Waals surface area contributed by atoms with Crippen LogP contribution in [0.1, 0.15) is 33.6 Å². The zero-order chi connectivity index (χ0) is 11.7. The van der Waals surface area contributed by atoms with E-state index in [1.807, 2.05) is 20.8 Å². The van der Waals surface area contributed by atoms with Gasteiger partial charge in [0.15, 0.2) is 0 Å². The SMILES string of the molecule is CC(C)(C)OCC(C=O)C1CC(F)(F)C1. The van der Waals surface area contributed by atoms with Gasteiger partial charge in [0.05, 0.1) is 12.2 Å². The molecule has 0 aliphatic heterocycles. The summed E-state index contributed by atoms with van der Waals surface area (Å²) in [4.78, 5) is 10.7. The van der Waals surface area contributed by atoms with E-state index in [0.717, 1.165) is 6.29 Å². The third-order valence-electron chi connectivity index (χ3n) is 2.61. The maximum absolute atomic E-state index is 12.6. The molecule has 0 heterocycles. The Morgan fingerprint density at radius 3 is 2.33 bits per heavy atom. The predicted molar refractivity (Wildman–Crippen MR) is 52.9 cm³/mol. The van der Waals surface area contributed by atoms with Gasteiger partial charge in [-0.25, -0.2) is 8.78 Å². The van der Waals surface area contributed by atoms with Gasteiger partial charge in [0.1, 0.15) is 6.29 Å². The first-order chi connectivity index (χ1) is 6.73. The summed E-state index contributed by atoms with van der Waals surface area (Å²) in [5.74, 6) is -3.16. The van der Waals surface area contributed by atoms with Crippen LogP contribution in [0.5, 0.6) is 0 Å². The number of ether oxygens (including phenoxy) is 1. The first kappa shape index (κ1) is 12.6. The van der Waals surface area contributed by atoms with Crippen molar-refractivity contribution in [2.75, 3.05) is 6.61 Å². The molecular formula is C11H18F2O2. The Hall–Kier alpha value is -0.510. The lowest BCUT2D eigenvalue weighted by Crippen LogP contribution is -2.42. The Morgan fingerprint density at radius 1 is 1.47 bits per heavy atom. The summed E-state index contributed by atoms with van der Waals surface area (Å²) in [5.41, 5.74) is -0.326. The van der Waals surface area contributed by atoms with Gasteiger partial charge in [-0.15, -0.1) is 0 Å². The van der Waals surface area contributed by atoms with Crippen molar-refractivity contribution < 1.29 is 18.3 Å². The minimum atomic E-state index is -2.56. The molecule has 1 fully saturated rings. The summed E-state index contributed by atoms with van der Waals surface area (Å²) in [5, 5.41) is 0. The van der Waals surface area contributed by atoms with Crippen molar-refractivity contribution >= 4 is 6.29 Å². The molecule has 0 bridgehead atoms. The average molecular weight is 220 g/mol. The van der Waals surface area contributed by atoms with Gasteiger partial charge in [0.25, 0.3) is 0 Å². The van der Waals surface area contributed by atoms with E-state index in [0.29, 0.717) is 0 Å². The summed E-state index contributed by atoms with van der Waals surface area (Å²) in [7, 11) is 0. The van der Waals surface area contributed by atoms with Crippen LogP contribution in [0.4, 0.5) is 8.78 Å². The van der Waals surface area contributed by atoms with Crippen molar-refractivity contribution in [1.29, 1.82) is 0 Å². The first-order valence-corrected chi connectivity index (χ1v) is 5.20. The fraction of sp³-hybridized carbons (Fsp3) is 0.909. The summed E-state index contributed by atoms with van der Waals surface area (Å²) in [6.45, 7) is 5.88. The van der Waals surface area contributed by atoms with Gasteiger partial charge in [0.2, 0.25) is 5.92 Å². The Morgan fingerprint density at radius 2 is 2.00 bits per heavy atom. The molecule has 0 amide bonds. The molecule has 88 valence electrons. The Bertz CT molecular complexity index is 225. The first-order valence-electron chi connectivity index (χ1n) is 5.20. The van der Waals surface area contributed by atoms with Gasteiger partial charge in [-0.2, -0.15) is 0 Å². The number of aldehydes is 1. The fourth-order valence-corrected chi connectivity index (χ4v) is 1.64. The topological polar surface area (TPSA) is 26.3 Å². The quantitative estimate of drug-likeness (QED) is 0.681. The van der Waals surface area contributed by atoms with E-state index in [1.54, 1.807) is 0 Å². The molecule has 0 aromatic heterocycles. The van der Waals surface area contributed by atoms with E-state index in [4.69, 9.17) is 4.74 Å². The van der Waals surface area contributed by atoms with Crippen molar-refractivity contribution in [1.82, 2.24) is 0 Å². The van der Waals surface area contributed by atoms with E-state index in [1.165, 1.54) is 0 Å². The summed E-state index contributed by atoms with van der Waals surface area (Å²) >= 11 is 0. The molecule has 4 heteroatoms. The third-order valence-corrected chi connectivity index (χ3v) is 2.61. The molecule has 0 radical (unpaired) electrons. The van der Waals surface area contributed by atoms with Crippen molar-refractivity contribution in [2.45, 2.75) is 45.1 Å². The molecule has 0 aromatic carbocycles. The number of halogens is 2. The van der Waals surface area contributed by atoms with Crippen LogP contribution in [-0.2, 0) is 9.53 Å². The van der Waals surface area contributed by atoms with Crippen LogP contribution in [0.3, 0.4) is 0 Å². The maximum Gasteiger partial charge on any atom is 0.248 e. The van der Waals surface area contributed by atoms with E-state index >= 15 is 0 Å². The molecular weight excluding hydrogens is 202 g/mol. The number of rotatable bonds is 4. The normalized spacial score (nSPS) is 23.3. The Labute approximate surface area is 89.0 Å². The van der Waals surface area contributed by atoms with Crippen molar-refractivity contribution in [3.63, 3.8) is 0 Å².